The number of carbonyl (C=O) groups is 2. The van der Waals surface area contributed by atoms with Gasteiger partial charge in [-0.1, -0.05) is 6.07 Å². The third-order valence-electron chi connectivity index (χ3n) is 5.66. The van der Waals surface area contributed by atoms with Gasteiger partial charge in [-0.15, -0.1) is 0 Å². The Labute approximate surface area is 190 Å². The monoisotopic (exact) mass is 490 g/mol. The molecule has 2 aromatic carbocycles. The number of ketones is 1. The normalized spacial score (nSPS) is 17.1. The van der Waals surface area contributed by atoms with E-state index in [0.29, 0.717) is 23.3 Å². The Balaban J connectivity index is 1.90. The highest BCUT2D eigenvalue weighted by molar-refractivity contribution is 5.84. The molecule has 1 aliphatic heterocycles. The minimum atomic E-state index is -5.00. The molecule has 34 heavy (non-hydrogen) atoms. The van der Waals surface area contributed by atoms with Gasteiger partial charge in [0.05, 0.1) is 17.2 Å². The third-order valence-corrected chi connectivity index (χ3v) is 5.66. The van der Waals surface area contributed by atoms with Gasteiger partial charge >= 0.3 is 18.4 Å². The number of nitrogens with zero attached hydrogens (tertiary/aromatic N) is 2. The average molecular weight is 490 g/mol. The Morgan fingerprint density at radius 2 is 1.62 bits per heavy atom. The van der Waals surface area contributed by atoms with Crippen molar-refractivity contribution in [3.8, 4) is 0 Å². The van der Waals surface area contributed by atoms with Crippen LogP contribution in [0.1, 0.15) is 46.7 Å². The van der Waals surface area contributed by atoms with Gasteiger partial charge in [0.25, 0.3) is 0 Å². The van der Waals surface area contributed by atoms with Crippen molar-refractivity contribution in [2.24, 2.45) is 0 Å². The Morgan fingerprint density at radius 3 is 2.15 bits per heavy atom. The van der Waals surface area contributed by atoms with Gasteiger partial charge in [-0.2, -0.15) is 26.3 Å². The molecule has 0 aliphatic carbocycles. The summed E-state index contributed by atoms with van der Waals surface area (Å²) >= 11 is 0. The van der Waals surface area contributed by atoms with Crippen molar-refractivity contribution >= 4 is 11.8 Å². The molecular formula is C23H21F7N2O2. The third kappa shape index (κ3) is 5.68. The first-order valence-electron chi connectivity index (χ1n) is 10.2. The van der Waals surface area contributed by atoms with Crippen LogP contribution in [0.2, 0.25) is 0 Å². The van der Waals surface area contributed by atoms with Crippen LogP contribution in [0.15, 0.2) is 36.4 Å². The lowest BCUT2D eigenvalue weighted by Gasteiger charge is -2.38. The topological polar surface area (TPSA) is 40.6 Å². The number of Topliss-reactive ketones (excluding diaryl/α,β-unsaturated/α-hetero) is 1. The molecular weight excluding hydrogens is 469 g/mol. The van der Waals surface area contributed by atoms with Crippen molar-refractivity contribution in [2.75, 3.05) is 13.6 Å². The van der Waals surface area contributed by atoms with Crippen LogP contribution >= 0.6 is 0 Å². The van der Waals surface area contributed by atoms with Gasteiger partial charge in [0.15, 0.2) is 0 Å². The van der Waals surface area contributed by atoms with E-state index in [1.165, 1.54) is 30.1 Å². The minimum Gasteiger partial charge on any atom is -0.323 e. The first kappa shape index (κ1) is 25.5. The van der Waals surface area contributed by atoms with Gasteiger partial charge in [0.1, 0.15) is 11.6 Å². The Morgan fingerprint density at radius 1 is 1.03 bits per heavy atom. The molecule has 0 aromatic heterocycles. The van der Waals surface area contributed by atoms with Gasteiger partial charge in [0.2, 0.25) is 0 Å². The first-order valence-corrected chi connectivity index (χ1v) is 10.2. The minimum absolute atomic E-state index is 0.0138. The van der Waals surface area contributed by atoms with Gasteiger partial charge in [-0.3, -0.25) is 4.79 Å². The number of rotatable bonds is 3. The molecule has 0 radical (unpaired) electrons. The second kappa shape index (κ2) is 9.27. The maximum atomic E-state index is 13.5. The summed E-state index contributed by atoms with van der Waals surface area (Å²) in [6.45, 7) is 1.11. The number of hydrogen-bond donors (Lipinski definition) is 0. The fourth-order valence-electron chi connectivity index (χ4n) is 4.02. The highest BCUT2D eigenvalue weighted by Crippen LogP contribution is 2.37. The summed E-state index contributed by atoms with van der Waals surface area (Å²) in [4.78, 5) is 27.6. The van der Waals surface area contributed by atoms with Gasteiger partial charge in [0, 0.05) is 33.0 Å². The maximum absolute atomic E-state index is 13.5. The molecule has 0 saturated carbocycles. The van der Waals surface area contributed by atoms with Crippen molar-refractivity contribution in [3.63, 3.8) is 0 Å². The molecule has 0 spiro atoms. The van der Waals surface area contributed by atoms with E-state index < -0.39 is 47.9 Å². The number of alkyl halides is 6. The molecule has 0 bridgehead atoms. The smallest absolute Gasteiger partial charge is 0.323 e. The highest BCUT2D eigenvalue weighted by atomic mass is 19.4. The molecule has 1 atom stereocenters. The van der Waals surface area contributed by atoms with Crippen LogP contribution in [-0.2, 0) is 23.7 Å². The summed E-state index contributed by atoms with van der Waals surface area (Å²) < 4.78 is 92.4. The predicted octanol–water partition coefficient (Wildman–Crippen LogP) is 6.13. The molecule has 0 N–H and O–H groups in total. The van der Waals surface area contributed by atoms with Crippen LogP contribution in [0.4, 0.5) is 35.5 Å². The Hall–Kier alpha value is -3.11. The number of amides is 2. The van der Waals surface area contributed by atoms with E-state index >= 15 is 0 Å². The summed E-state index contributed by atoms with van der Waals surface area (Å²) in [5.74, 6) is -0.614. The van der Waals surface area contributed by atoms with Crippen molar-refractivity contribution < 1.29 is 40.3 Å². The number of benzene rings is 2. The van der Waals surface area contributed by atoms with Crippen LogP contribution in [0.5, 0.6) is 0 Å². The number of hydrogen-bond acceptors (Lipinski definition) is 2. The van der Waals surface area contributed by atoms with Crippen LogP contribution in [0.25, 0.3) is 0 Å². The lowest BCUT2D eigenvalue weighted by atomic mass is 9.91. The summed E-state index contributed by atoms with van der Waals surface area (Å²) in [7, 11) is 1.25. The second-order valence-electron chi connectivity index (χ2n) is 8.26. The number of likely N-dealkylation sites (tertiary alicyclic amines) is 1. The highest BCUT2D eigenvalue weighted by Gasteiger charge is 2.38. The van der Waals surface area contributed by atoms with E-state index in [0.717, 1.165) is 4.90 Å². The molecule has 1 unspecified atom stereocenters. The van der Waals surface area contributed by atoms with E-state index in [1.807, 2.05) is 0 Å². The quantitative estimate of drug-likeness (QED) is 0.486. The van der Waals surface area contributed by atoms with Crippen molar-refractivity contribution in [1.29, 1.82) is 0 Å². The maximum Gasteiger partial charge on any atom is 0.416 e. The summed E-state index contributed by atoms with van der Waals surface area (Å²) in [5.41, 5.74) is -2.24. The van der Waals surface area contributed by atoms with Gasteiger partial charge in [-0.05, 0) is 53.9 Å². The van der Waals surface area contributed by atoms with Crippen molar-refractivity contribution in [2.45, 2.75) is 44.7 Å². The van der Waals surface area contributed by atoms with Crippen molar-refractivity contribution in [3.05, 3.63) is 70.0 Å². The van der Waals surface area contributed by atoms with E-state index in [9.17, 15) is 40.3 Å². The fourth-order valence-corrected chi connectivity index (χ4v) is 4.02. The predicted molar refractivity (Wildman–Crippen MR) is 108 cm³/mol. The summed E-state index contributed by atoms with van der Waals surface area (Å²) in [5, 5.41) is 0. The lowest BCUT2D eigenvalue weighted by molar-refractivity contribution is -0.143. The zero-order valence-electron chi connectivity index (χ0n) is 18.2. The van der Waals surface area contributed by atoms with E-state index in [2.05, 4.69) is 0 Å². The standard InChI is InChI=1S/C23H21F7N2O2/c1-13-7-17(24)3-4-19(13)20-11-18(33)5-6-32(20)21(34)31(2)12-14-8-15(22(25,26)27)10-16(9-14)23(28,29)30/h3-4,7-10,20H,5-6,11-12H2,1-2H3. The van der Waals surface area contributed by atoms with Crippen molar-refractivity contribution in [1.82, 2.24) is 9.80 Å². The SMILES string of the molecule is Cc1cc(F)ccc1C1CC(=O)CCN1C(=O)N(C)Cc1cc(C(F)(F)F)cc(C(F)(F)F)c1. The van der Waals surface area contributed by atoms with Crippen LogP contribution < -0.4 is 0 Å². The fraction of sp³-hybridized carbons (Fsp3) is 0.391. The summed E-state index contributed by atoms with van der Waals surface area (Å²) in [6.07, 6.45) is -9.99. The van der Waals surface area contributed by atoms with Gasteiger partial charge in [-0.25, -0.2) is 9.18 Å². The lowest BCUT2D eigenvalue weighted by Crippen LogP contribution is -2.47. The number of carbonyl (C=O) groups excluding carboxylic acids is 2. The van der Waals surface area contributed by atoms with Crippen LogP contribution in [0.3, 0.4) is 0 Å². The molecule has 1 heterocycles. The molecule has 2 amide bonds. The molecule has 1 fully saturated rings. The Kier molecular flexibility index (Phi) is 6.95. The molecule has 4 nitrogen and oxygen atoms in total. The summed E-state index contributed by atoms with van der Waals surface area (Å²) in [6, 6.07) is 3.65. The number of halogens is 7. The first-order chi connectivity index (χ1) is 15.7. The number of piperidine rings is 1. The zero-order chi connectivity index (χ0) is 25.4. The Bertz CT molecular complexity index is 1060. The molecule has 3 rings (SSSR count). The molecule has 1 saturated heterocycles. The second-order valence-corrected chi connectivity index (χ2v) is 8.26. The van der Waals surface area contributed by atoms with E-state index in [-0.39, 0.29) is 36.8 Å². The molecule has 2 aromatic rings. The molecule has 184 valence electrons. The molecule has 1 aliphatic rings. The van der Waals surface area contributed by atoms with Gasteiger partial charge < -0.3 is 9.80 Å². The zero-order valence-corrected chi connectivity index (χ0v) is 18.2. The largest absolute Gasteiger partial charge is 0.416 e. The number of aryl methyl sites for hydroxylation is 1. The van der Waals surface area contributed by atoms with Crippen LogP contribution in [-0.4, -0.2) is 35.2 Å². The van der Waals surface area contributed by atoms with Crippen LogP contribution in [0, 0.1) is 12.7 Å². The average Bonchev–Trinajstić information content (AvgIpc) is 2.71. The van der Waals surface area contributed by atoms with E-state index in [1.54, 1.807) is 6.92 Å². The molecule has 11 heteroatoms. The number of urea groups is 1. The van der Waals surface area contributed by atoms with E-state index in [4.69, 9.17) is 0 Å².